The third-order valence-corrected chi connectivity index (χ3v) is 1.42. The highest BCUT2D eigenvalue weighted by Gasteiger charge is 1.93. The van der Waals surface area contributed by atoms with Crippen LogP contribution in [-0.2, 0) is 0 Å². The standard InChI is InChI=1S/C6H11NS/c1-5(2)8-6(3)7-4/h5H,3-4H2,1-2H3. The molecule has 0 spiro atoms. The van der Waals surface area contributed by atoms with Crippen LogP contribution in [0.25, 0.3) is 0 Å². The molecule has 0 fully saturated rings. The summed E-state index contributed by atoms with van der Waals surface area (Å²) in [5, 5.41) is 1.37. The molecule has 2 heteroatoms. The number of thioether (sulfide) groups is 1. The van der Waals surface area contributed by atoms with Gasteiger partial charge >= 0.3 is 0 Å². The SMILES string of the molecule is C=NC(=C)SC(C)C. The summed E-state index contributed by atoms with van der Waals surface area (Å²) < 4.78 is 0. The molecule has 0 aliphatic rings. The van der Waals surface area contributed by atoms with Crippen molar-refractivity contribution in [3.63, 3.8) is 0 Å². The summed E-state index contributed by atoms with van der Waals surface area (Å²) in [5.41, 5.74) is 0. The van der Waals surface area contributed by atoms with Crippen molar-refractivity contribution >= 4 is 18.5 Å². The first-order chi connectivity index (χ1) is 3.66. The molecule has 1 nitrogen and oxygen atoms in total. The van der Waals surface area contributed by atoms with Crippen molar-refractivity contribution in [1.82, 2.24) is 0 Å². The second-order valence-electron chi connectivity index (χ2n) is 1.72. The molecule has 0 saturated heterocycles. The predicted octanol–water partition coefficient (Wildman–Crippen LogP) is 2.30. The van der Waals surface area contributed by atoms with Gasteiger partial charge in [-0.15, -0.1) is 11.8 Å². The van der Waals surface area contributed by atoms with Gasteiger partial charge in [-0.25, -0.2) is 0 Å². The third kappa shape index (κ3) is 3.93. The van der Waals surface area contributed by atoms with Crippen molar-refractivity contribution in [3.05, 3.63) is 11.6 Å². The molecule has 0 amide bonds. The van der Waals surface area contributed by atoms with E-state index in [2.05, 4.69) is 32.1 Å². The van der Waals surface area contributed by atoms with E-state index in [1.54, 1.807) is 11.8 Å². The summed E-state index contributed by atoms with van der Waals surface area (Å²) in [5.74, 6) is 0. The van der Waals surface area contributed by atoms with Crippen molar-refractivity contribution in [2.24, 2.45) is 4.99 Å². The Morgan fingerprint density at radius 1 is 1.62 bits per heavy atom. The molecule has 8 heavy (non-hydrogen) atoms. The first kappa shape index (κ1) is 7.76. The summed E-state index contributed by atoms with van der Waals surface area (Å²) in [7, 11) is 0. The van der Waals surface area contributed by atoms with Crippen molar-refractivity contribution in [1.29, 1.82) is 0 Å². The van der Waals surface area contributed by atoms with Crippen molar-refractivity contribution < 1.29 is 0 Å². The normalized spacial score (nSPS) is 9.38. The molecule has 0 saturated carbocycles. The number of rotatable bonds is 3. The molecule has 0 N–H and O–H groups in total. The van der Waals surface area contributed by atoms with Crippen molar-refractivity contribution in [2.75, 3.05) is 0 Å². The lowest BCUT2D eigenvalue weighted by molar-refractivity contribution is 1.12. The van der Waals surface area contributed by atoms with Crippen LogP contribution in [-0.4, -0.2) is 12.0 Å². The van der Waals surface area contributed by atoms with Crippen LogP contribution < -0.4 is 0 Å². The Morgan fingerprint density at radius 2 is 2.12 bits per heavy atom. The third-order valence-electron chi connectivity index (χ3n) is 0.548. The van der Waals surface area contributed by atoms with E-state index in [-0.39, 0.29) is 0 Å². The van der Waals surface area contributed by atoms with Gasteiger partial charge in [-0.2, -0.15) is 0 Å². The number of nitrogens with zero attached hydrogens (tertiary/aromatic N) is 1. The molecule has 0 unspecified atom stereocenters. The van der Waals surface area contributed by atoms with Gasteiger partial charge in [-0.3, -0.25) is 4.99 Å². The van der Waals surface area contributed by atoms with Gasteiger partial charge in [0.25, 0.3) is 0 Å². The predicted molar refractivity (Wildman–Crippen MR) is 41.4 cm³/mol. The molecule has 0 aromatic heterocycles. The van der Waals surface area contributed by atoms with Crippen LogP contribution in [0, 0.1) is 0 Å². The van der Waals surface area contributed by atoms with Crippen LogP contribution in [0.15, 0.2) is 16.6 Å². The van der Waals surface area contributed by atoms with E-state index in [4.69, 9.17) is 0 Å². The number of hydrogen-bond acceptors (Lipinski definition) is 2. The van der Waals surface area contributed by atoms with E-state index in [1.807, 2.05) is 0 Å². The highest BCUT2D eigenvalue weighted by Crippen LogP contribution is 2.18. The highest BCUT2D eigenvalue weighted by molar-refractivity contribution is 8.03. The minimum atomic E-state index is 0.563. The Labute approximate surface area is 54.9 Å². The monoisotopic (exact) mass is 129 g/mol. The Bertz CT molecular complexity index is 96.7. The zero-order valence-corrected chi connectivity index (χ0v) is 6.16. The zero-order valence-electron chi connectivity index (χ0n) is 5.35. The second kappa shape index (κ2) is 3.72. The maximum absolute atomic E-state index is 3.65. The van der Waals surface area contributed by atoms with Crippen LogP contribution >= 0.6 is 11.8 Å². The van der Waals surface area contributed by atoms with E-state index in [0.29, 0.717) is 5.25 Å². The molecule has 0 atom stereocenters. The molecule has 0 heterocycles. The summed E-state index contributed by atoms with van der Waals surface area (Å²) in [4.78, 5) is 3.65. The van der Waals surface area contributed by atoms with Gasteiger partial charge in [-0.05, 0) is 6.72 Å². The fourth-order valence-electron chi connectivity index (χ4n) is 0.309. The maximum Gasteiger partial charge on any atom is 0.0883 e. The molecule has 0 bridgehead atoms. The van der Waals surface area contributed by atoms with Crippen LogP contribution in [0.3, 0.4) is 0 Å². The van der Waals surface area contributed by atoms with Crippen LogP contribution in [0.1, 0.15) is 13.8 Å². The lowest BCUT2D eigenvalue weighted by atomic mass is 10.6. The first-order valence-electron chi connectivity index (χ1n) is 2.49. The molecular weight excluding hydrogens is 118 g/mol. The zero-order chi connectivity index (χ0) is 6.57. The molecule has 46 valence electrons. The van der Waals surface area contributed by atoms with Crippen molar-refractivity contribution in [3.8, 4) is 0 Å². The lowest BCUT2D eigenvalue weighted by Gasteiger charge is -2.00. The van der Waals surface area contributed by atoms with Gasteiger partial charge in [0.2, 0.25) is 0 Å². The topological polar surface area (TPSA) is 12.4 Å². The highest BCUT2D eigenvalue weighted by atomic mass is 32.2. The first-order valence-corrected chi connectivity index (χ1v) is 3.37. The average Bonchev–Trinajstić information content (AvgIpc) is 1.65. The van der Waals surface area contributed by atoms with Gasteiger partial charge in [0.05, 0.1) is 5.03 Å². The van der Waals surface area contributed by atoms with E-state index >= 15 is 0 Å². The van der Waals surface area contributed by atoms with Crippen molar-refractivity contribution in [2.45, 2.75) is 19.1 Å². The van der Waals surface area contributed by atoms with Gasteiger partial charge in [0.1, 0.15) is 0 Å². The molecule has 0 aromatic rings. The Morgan fingerprint density at radius 3 is 2.25 bits per heavy atom. The Balaban J connectivity index is 3.39. The average molecular weight is 129 g/mol. The molecule has 0 aliphatic carbocycles. The van der Waals surface area contributed by atoms with Gasteiger partial charge in [0, 0.05) is 5.25 Å². The molecular formula is C6H11NS. The molecule has 0 radical (unpaired) electrons. The quantitative estimate of drug-likeness (QED) is 0.533. The fraction of sp³-hybridized carbons (Fsp3) is 0.500. The largest absolute Gasteiger partial charge is 0.258 e. The van der Waals surface area contributed by atoms with Gasteiger partial charge in [-0.1, -0.05) is 20.4 Å². The van der Waals surface area contributed by atoms with Crippen LogP contribution in [0.4, 0.5) is 0 Å². The van der Waals surface area contributed by atoms with E-state index in [0.717, 1.165) is 5.03 Å². The van der Waals surface area contributed by atoms with E-state index in [1.165, 1.54) is 0 Å². The minimum absolute atomic E-state index is 0.563. The van der Waals surface area contributed by atoms with E-state index in [9.17, 15) is 0 Å². The molecule has 0 aromatic carbocycles. The lowest BCUT2D eigenvalue weighted by Crippen LogP contribution is -1.83. The summed E-state index contributed by atoms with van der Waals surface area (Å²) in [6, 6.07) is 0. The van der Waals surface area contributed by atoms with Crippen LogP contribution in [0.2, 0.25) is 0 Å². The van der Waals surface area contributed by atoms with Gasteiger partial charge < -0.3 is 0 Å². The number of aliphatic imine (C=N–C) groups is 1. The fourth-order valence-corrected chi connectivity index (χ4v) is 0.928. The van der Waals surface area contributed by atoms with Crippen LogP contribution in [0.5, 0.6) is 0 Å². The smallest absolute Gasteiger partial charge is 0.0883 e. The van der Waals surface area contributed by atoms with E-state index < -0.39 is 0 Å². The maximum atomic E-state index is 3.65. The summed E-state index contributed by atoms with van der Waals surface area (Å²) >= 11 is 1.63. The summed E-state index contributed by atoms with van der Waals surface area (Å²) in [6.45, 7) is 11.2. The Kier molecular flexibility index (Phi) is 3.61. The molecule has 0 rings (SSSR count). The number of hydrogen-bond donors (Lipinski definition) is 0. The molecule has 0 aliphatic heterocycles. The van der Waals surface area contributed by atoms with Gasteiger partial charge in [0.15, 0.2) is 0 Å². The Hall–Kier alpha value is -0.240. The second-order valence-corrected chi connectivity index (χ2v) is 3.37. The minimum Gasteiger partial charge on any atom is -0.258 e. The summed E-state index contributed by atoms with van der Waals surface area (Å²) in [6.07, 6.45) is 0.